The quantitative estimate of drug-likeness (QED) is 0.839. The molecule has 0 aromatic heterocycles. The van der Waals surface area contributed by atoms with Gasteiger partial charge in [-0.2, -0.15) is 0 Å². The molecule has 0 spiro atoms. The first-order valence-corrected chi connectivity index (χ1v) is 8.53. The average molecular weight is 301 g/mol. The molecule has 1 saturated carbocycles. The molecule has 1 saturated heterocycles. The number of piperidine rings is 1. The van der Waals surface area contributed by atoms with Crippen LogP contribution in [0.5, 0.6) is 0 Å². The predicted molar refractivity (Wildman–Crippen MR) is 88.1 cm³/mol. The van der Waals surface area contributed by atoms with E-state index in [0.29, 0.717) is 31.5 Å². The maximum Gasteiger partial charge on any atom is 0.226 e. The number of rotatable bonds is 6. The van der Waals surface area contributed by atoms with Gasteiger partial charge in [-0.05, 0) is 49.8 Å². The van der Waals surface area contributed by atoms with E-state index in [-0.39, 0.29) is 5.92 Å². The number of carbonyl (C=O) groups is 1. The van der Waals surface area contributed by atoms with Crippen molar-refractivity contribution in [1.29, 1.82) is 0 Å². The van der Waals surface area contributed by atoms with Crippen LogP contribution in [0.25, 0.3) is 0 Å². The van der Waals surface area contributed by atoms with E-state index >= 15 is 0 Å². The van der Waals surface area contributed by atoms with E-state index in [9.17, 15) is 4.79 Å². The zero-order valence-electron chi connectivity index (χ0n) is 13.2. The van der Waals surface area contributed by atoms with Gasteiger partial charge < -0.3 is 16.0 Å². The van der Waals surface area contributed by atoms with Crippen molar-refractivity contribution in [3.8, 4) is 0 Å². The van der Waals surface area contributed by atoms with E-state index in [1.807, 2.05) is 23.1 Å². The van der Waals surface area contributed by atoms with Gasteiger partial charge in [0.2, 0.25) is 5.91 Å². The molecule has 2 fully saturated rings. The molecular formula is C18H27N3O. The molecule has 2 atom stereocenters. The lowest BCUT2D eigenvalue weighted by atomic mass is 9.92. The second kappa shape index (κ2) is 7.25. The lowest BCUT2D eigenvalue weighted by Gasteiger charge is -2.25. The normalized spacial score (nSPS) is 25.0. The molecule has 1 amide bonds. The Morgan fingerprint density at radius 3 is 2.64 bits per heavy atom. The van der Waals surface area contributed by atoms with Gasteiger partial charge in [0, 0.05) is 25.6 Å². The molecular weight excluding hydrogens is 274 g/mol. The molecule has 0 unspecified atom stereocenters. The van der Waals surface area contributed by atoms with Gasteiger partial charge in [0.1, 0.15) is 0 Å². The molecule has 1 aliphatic carbocycles. The standard InChI is InChI=1S/C18H27N3O/c19-8-11-21(13-14-4-2-1-3-5-14)18(22)17-12-16(17)15-6-9-20-10-7-15/h1-5,15-17,20H,6-13,19H2/t16-,17+/m0/s1. The summed E-state index contributed by atoms with van der Waals surface area (Å²) in [7, 11) is 0. The number of hydrogen-bond acceptors (Lipinski definition) is 3. The number of nitrogens with two attached hydrogens (primary N) is 1. The van der Waals surface area contributed by atoms with Crippen molar-refractivity contribution < 1.29 is 4.79 Å². The topological polar surface area (TPSA) is 58.4 Å². The molecule has 22 heavy (non-hydrogen) atoms. The average Bonchev–Trinajstić information content (AvgIpc) is 3.36. The van der Waals surface area contributed by atoms with Crippen LogP contribution in [-0.4, -0.2) is 37.0 Å². The number of nitrogens with one attached hydrogen (secondary N) is 1. The van der Waals surface area contributed by atoms with Gasteiger partial charge in [-0.3, -0.25) is 4.79 Å². The lowest BCUT2D eigenvalue weighted by Crippen LogP contribution is -2.37. The maximum atomic E-state index is 12.8. The summed E-state index contributed by atoms with van der Waals surface area (Å²) in [6.45, 7) is 4.09. The Kier molecular flexibility index (Phi) is 5.11. The van der Waals surface area contributed by atoms with E-state index in [1.54, 1.807) is 0 Å². The fourth-order valence-corrected chi connectivity index (χ4v) is 3.75. The second-order valence-corrected chi connectivity index (χ2v) is 6.63. The first-order valence-electron chi connectivity index (χ1n) is 8.53. The third-order valence-electron chi connectivity index (χ3n) is 5.07. The first-order chi connectivity index (χ1) is 10.8. The number of benzene rings is 1. The minimum atomic E-state index is 0.248. The molecule has 1 aromatic rings. The van der Waals surface area contributed by atoms with E-state index in [2.05, 4.69) is 17.4 Å². The molecule has 1 aliphatic heterocycles. The smallest absolute Gasteiger partial charge is 0.226 e. The number of hydrogen-bond donors (Lipinski definition) is 2. The Morgan fingerprint density at radius 1 is 1.23 bits per heavy atom. The highest BCUT2D eigenvalue weighted by Crippen LogP contribution is 2.48. The zero-order chi connectivity index (χ0) is 15.4. The van der Waals surface area contributed by atoms with E-state index < -0.39 is 0 Å². The third kappa shape index (κ3) is 3.68. The largest absolute Gasteiger partial charge is 0.337 e. The van der Waals surface area contributed by atoms with Crippen molar-refractivity contribution in [2.75, 3.05) is 26.2 Å². The molecule has 0 bridgehead atoms. The predicted octanol–water partition coefficient (Wildman–Crippen LogP) is 1.61. The van der Waals surface area contributed by atoms with Crippen LogP contribution in [-0.2, 0) is 11.3 Å². The minimum Gasteiger partial charge on any atom is -0.337 e. The zero-order valence-corrected chi connectivity index (χ0v) is 13.2. The van der Waals surface area contributed by atoms with Crippen molar-refractivity contribution in [1.82, 2.24) is 10.2 Å². The summed E-state index contributed by atoms with van der Waals surface area (Å²) in [5.41, 5.74) is 6.90. The van der Waals surface area contributed by atoms with Crippen LogP contribution in [0.15, 0.2) is 30.3 Å². The first kappa shape index (κ1) is 15.5. The Balaban J connectivity index is 1.58. The summed E-state index contributed by atoms with van der Waals surface area (Å²) in [5, 5.41) is 3.41. The summed E-state index contributed by atoms with van der Waals surface area (Å²) in [6, 6.07) is 10.2. The van der Waals surface area contributed by atoms with Crippen LogP contribution < -0.4 is 11.1 Å². The summed E-state index contributed by atoms with van der Waals surface area (Å²) < 4.78 is 0. The fraction of sp³-hybridized carbons (Fsp3) is 0.611. The molecule has 4 nitrogen and oxygen atoms in total. The molecule has 1 aromatic carbocycles. The van der Waals surface area contributed by atoms with Crippen molar-refractivity contribution in [2.45, 2.75) is 25.8 Å². The van der Waals surface area contributed by atoms with Gasteiger partial charge in [0.15, 0.2) is 0 Å². The summed E-state index contributed by atoms with van der Waals surface area (Å²) in [6.07, 6.45) is 3.54. The molecule has 4 heteroatoms. The SMILES string of the molecule is NCCN(Cc1ccccc1)C(=O)[C@@H]1C[C@H]1C1CCNCC1. The number of amides is 1. The van der Waals surface area contributed by atoms with Crippen LogP contribution in [0, 0.1) is 17.8 Å². The minimum absolute atomic E-state index is 0.248. The van der Waals surface area contributed by atoms with E-state index in [0.717, 1.165) is 25.4 Å². The van der Waals surface area contributed by atoms with Crippen LogP contribution in [0.3, 0.4) is 0 Å². The molecule has 120 valence electrons. The monoisotopic (exact) mass is 301 g/mol. The summed E-state index contributed by atoms with van der Waals surface area (Å²) in [5.74, 6) is 1.92. The Hall–Kier alpha value is -1.39. The van der Waals surface area contributed by atoms with Gasteiger partial charge in [0.05, 0.1) is 0 Å². The molecule has 3 N–H and O–H groups in total. The molecule has 2 aliphatic rings. The Morgan fingerprint density at radius 2 is 1.95 bits per heavy atom. The fourth-order valence-electron chi connectivity index (χ4n) is 3.75. The van der Waals surface area contributed by atoms with Crippen molar-refractivity contribution in [3.05, 3.63) is 35.9 Å². The Bertz CT molecular complexity index is 484. The van der Waals surface area contributed by atoms with Crippen molar-refractivity contribution in [2.24, 2.45) is 23.5 Å². The van der Waals surface area contributed by atoms with Gasteiger partial charge in [0.25, 0.3) is 0 Å². The highest BCUT2D eigenvalue weighted by Gasteiger charge is 2.48. The van der Waals surface area contributed by atoms with Crippen molar-refractivity contribution in [3.63, 3.8) is 0 Å². The van der Waals surface area contributed by atoms with Crippen molar-refractivity contribution >= 4 is 5.91 Å². The van der Waals surface area contributed by atoms with E-state index in [4.69, 9.17) is 5.73 Å². The van der Waals surface area contributed by atoms with Gasteiger partial charge in [-0.25, -0.2) is 0 Å². The molecule has 0 radical (unpaired) electrons. The Labute approximate surface area is 133 Å². The number of nitrogens with zero attached hydrogens (tertiary/aromatic N) is 1. The third-order valence-corrected chi connectivity index (χ3v) is 5.07. The summed E-state index contributed by atoms with van der Waals surface area (Å²) in [4.78, 5) is 14.8. The van der Waals surface area contributed by atoms with Crippen LogP contribution in [0.2, 0.25) is 0 Å². The highest BCUT2D eigenvalue weighted by molar-refractivity contribution is 5.81. The maximum absolute atomic E-state index is 12.8. The molecule has 3 rings (SSSR count). The second-order valence-electron chi connectivity index (χ2n) is 6.63. The number of carbonyl (C=O) groups excluding carboxylic acids is 1. The van der Waals surface area contributed by atoms with Gasteiger partial charge >= 0.3 is 0 Å². The highest BCUT2D eigenvalue weighted by atomic mass is 16.2. The summed E-state index contributed by atoms with van der Waals surface area (Å²) >= 11 is 0. The van der Waals surface area contributed by atoms with Gasteiger partial charge in [-0.15, -0.1) is 0 Å². The van der Waals surface area contributed by atoms with E-state index in [1.165, 1.54) is 18.4 Å². The van der Waals surface area contributed by atoms with Crippen LogP contribution in [0.4, 0.5) is 0 Å². The molecule has 1 heterocycles. The lowest BCUT2D eigenvalue weighted by molar-refractivity contribution is -0.133. The van der Waals surface area contributed by atoms with Crippen LogP contribution >= 0.6 is 0 Å². The van der Waals surface area contributed by atoms with Crippen LogP contribution in [0.1, 0.15) is 24.8 Å². The van der Waals surface area contributed by atoms with Gasteiger partial charge in [-0.1, -0.05) is 30.3 Å².